The van der Waals surface area contributed by atoms with E-state index in [2.05, 4.69) is 206 Å². The molecule has 0 N–H and O–H groups in total. The number of hydrogen-bond donors (Lipinski definition) is 0. The molecule has 250 valence electrons. The number of hydrogen-bond acceptors (Lipinski definition) is 0. The van der Waals surface area contributed by atoms with Gasteiger partial charge >= 0.3 is 0 Å². The van der Waals surface area contributed by atoms with E-state index in [4.69, 9.17) is 0 Å². The molecular formula is C54H34. The van der Waals surface area contributed by atoms with Gasteiger partial charge in [-0.3, -0.25) is 0 Å². The van der Waals surface area contributed by atoms with E-state index >= 15 is 0 Å². The molecule has 11 aromatic rings. The highest BCUT2D eigenvalue weighted by molar-refractivity contribution is 6.23. The molecule has 0 nitrogen and oxygen atoms in total. The maximum Gasteiger partial charge on any atom is -0.00201 e. The first-order valence-corrected chi connectivity index (χ1v) is 18.8. The van der Waals surface area contributed by atoms with Crippen LogP contribution in [0.2, 0.25) is 0 Å². The Morgan fingerprint density at radius 2 is 0.778 bits per heavy atom. The Labute approximate surface area is 314 Å². The van der Waals surface area contributed by atoms with Crippen LogP contribution in [0.5, 0.6) is 0 Å². The minimum atomic E-state index is 1.24. The van der Waals surface area contributed by atoms with Crippen molar-refractivity contribution in [2.45, 2.75) is 0 Å². The molecular weight excluding hydrogens is 649 g/mol. The second-order valence-corrected chi connectivity index (χ2v) is 14.4. The van der Waals surface area contributed by atoms with Crippen molar-refractivity contribution in [2.75, 3.05) is 0 Å². The average Bonchev–Trinajstić information content (AvgIpc) is 3.24. The van der Waals surface area contributed by atoms with Crippen molar-refractivity contribution < 1.29 is 0 Å². The Kier molecular flexibility index (Phi) is 6.97. The van der Waals surface area contributed by atoms with Gasteiger partial charge in [-0.25, -0.2) is 0 Å². The first-order chi connectivity index (χ1) is 26.8. The van der Waals surface area contributed by atoms with E-state index in [9.17, 15) is 0 Å². The van der Waals surface area contributed by atoms with E-state index in [1.54, 1.807) is 0 Å². The number of fused-ring (bicyclic) bond motifs is 6. The van der Waals surface area contributed by atoms with Gasteiger partial charge in [0.1, 0.15) is 0 Å². The monoisotopic (exact) mass is 682 g/mol. The lowest BCUT2D eigenvalue weighted by molar-refractivity contribution is 1.40. The zero-order valence-corrected chi connectivity index (χ0v) is 29.6. The second-order valence-electron chi connectivity index (χ2n) is 14.4. The van der Waals surface area contributed by atoms with Crippen molar-refractivity contribution in [3.8, 4) is 44.5 Å². The summed E-state index contributed by atoms with van der Waals surface area (Å²) in [6.45, 7) is 0. The summed E-state index contributed by atoms with van der Waals surface area (Å²) in [4.78, 5) is 0. The molecule has 1 aliphatic rings. The van der Waals surface area contributed by atoms with Gasteiger partial charge < -0.3 is 0 Å². The SMILES string of the molecule is C(=C1c2ccc(-c3c4ccccc4c(-c4ccc5cc4c5=Cc4ccccc4-c4ccccc4)c4ccccc34)c1c2)c1ccccc1-c1ccccc1. The molecule has 12 rings (SSSR count). The molecule has 0 heterocycles. The zero-order chi connectivity index (χ0) is 35.6. The summed E-state index contributed by atoms with van der Waals surface area (Å²) in [6.07, 6.45) is 7.14. The van der Waals surface area contributed by atoms with Gasteiger partial charge in [0.15, 0.2) is 0 Å². The van der Waals surface area contributed by atoms with E-state index < -0.39 is 0 Å². The highest BCUT2D eigenvalue weighted by atomic mass is 14.2. The third-order valence-electron chi connectivity index (χ3n) is 11.4. The van der Waals surface area contributed by atoms with E-state index in [1.807, 2.05) is 0 Å². The van der Waals surface area contributed by atoms with Crippen LogP contribution in [0.4, 0.5) is 0 Å². The van der Waals surface area contributed by atoms with Gasteiger partial charge in [0.25, 0.3) is 0 Å². The standard InChI is InChI=1S/C54H34/c1-3-15-35(16-4-1)41-21-9-7-19-37(41)31-49-39-27-29-47(51(49)33-39)53-43-23-11-13-25-45(43)54(46-26-14-12-24-44(46)53)48-30-28-40-34-52(48)50(40)32-38-20-8-10-22-42(38)36-17-5-2-6-18-36/h1-34H. The van der Waals surface area contributed by atoms with Gasteiger partial charge in [0, 0.05) is 0 Å². The van der Waals surface area contributed by atoms with Crippen molar-refractivity contribution >= 4 is 50.5 Å². The van der Waals surface area contributed by atoms with Gasteiger partial charge in [-0.1, -0.05) is 182 Å². The van der Waals surface area contributed by atoms with Crippen LogP contribution in [0.15, 0.2) is 188 Å². The average molecular weight is 683 g/mol. The molecule has 0 aliphatic heterocycles. The molecule has 0 amide bonds. The Bertz CT molecular complexity index is 3180. The van der Waals surface area contributed by atoms with Crippen LogP contribution in [-0.2, 0) is 0 Å². The lowest BCUT2D eigenvalue weighted by Gasteiger charge is -2.22. The number of benzene rings is 10. The molecule has 0 spiro atoms. The highest BCUT2D eigenvalue weighted by Gasteiger charge is 2.21. The quantitative estimate of drug-likeness (QED) is 0.153. The maximum atomic E-state index is 2.39. The van der Waals surface area contributed by atoms with Crippen LogP contribution in [0.25, 0.3) is 95.1 Å². The van der Waals surface area contributed by atoms with Crippen molar-refractivity contribution in [3.05, 3.63) is 220 Å². The van der Waals surface area contributed by atoms with Crippen molar-refractivity contribution in [3.63, 3.8) is 0 Å². The van der Waals surface area contributed by atoms with Crippen LogP contribution in [0.3, 0.4) is 0 Å². The smallest absolute Gasteiger partial charge is 0.00201 e. The minimum absolute atomic E-state index is 1.24. The van der Waals surface area contributed by atoms with Gasteiger partial charge in [0.2, 0.25) is 0 Å². The van der Waals surface area contributed by atoms with Gasteiger partial charge in [-0.2, -0.15) is 0 Å². The van der Waals surface area contributed by atoms with E-state index in [1.165, 1.54) is 109 Å². The molecule has 0 unspecified atom stereocenters. The fourth-order valence-electron chi connectivity index (χ4n) is 8.81. The molecule has 0 fully saturated rings. The molecule has 0 heteroatoms. The van der Waals surface area contributed by atoms with Gasteiger partial charge in [0.05, 0.1) is 0 Å². The molecule has 11 aromatic carbocycles. The summed E-state index contributed by atoms with van der Waals surface area (Å²) in [5.41, 5.74) is 13.9. The Hall–Kier alpha value is -7.02. The summed E-state index contributed by atoms with van der Waals surface area (Å²) in [7, 11) is 0. The number of rotatable bonds is 6. The van der Waals surface area contributed by atoms with Crippen LogP contribution >= 0.6 is 0 Å². The van der Waals surface area contributed by atoms with Crippen LogP contribution in [-0.4, -0.2) is 0 Å². The molecule has 0 saturated carbocycles. The highest BCUT2D eigenvalue weighted by Crippen LogP contribution is 2.44. The van der Waals surface area contributed by atoms with E-state index in [-0.39, 0.29) is 0 Å². The first-order valence-electron chi connectivity index (χ1n) is 18.8. The van der Waals surface area contributed by atoms with Crippen LogP contribution in [0, 0.1) is 0 Å². The lowest BCUT2D eigenvalue weighted by Crippen LogP contribution is -2.37. The molecule has 1 aliphatic carbocycles. The Morgan fingerprint density at radius 1 is 0.315 bits per heavy atom. The predicted octanol–water partition coefficient (Wildman–Crippen LogP) is 11.8. The lowest BCUT2D eigenvalue weighted by atomic mass is 9.81. The van der Waals surface area contributed by atoms with Crippen molar-refractivity contribution in [1.82, 2.24) is 0 Å². The maximum absolute atomic E-state index is 2.39. The summed E-state index contributed by atoms with van der Waals surface area (Å²) in [5.74, 6) is 0. The van der Waals surface area contributed by atoms with E-state index in [0.29, 0.717) is 0 Å². The molecule has 0 saturated heterocycles. The second kappa shape index (κ2) is 12.3. The Morgan fingerprint density at radius 3 is 1.31 bits per heavy atom. The minimum Gasteiger partial charge on any atom is -0.0622 e. The summed E-state index contributed by atoms with van der Waals surface area (Å²) in [6, 6.07) is 68.6. The molecule has 54 heavy (non-hydrogen) atoms. The molecule has 0 aromatic heterocycles. The fourth-order valence-corrected chi connectivity index (χ4v) is 8.81. The van der Waals surface area contributed by atoms with E-state index in [0.717, 1.165) is 0 Å². The Balaban J connectivity index is 1.12. The molecule has 4 bridgehead atoms. The molecule has 0 radical (unpaired) electrons. The van der Waals surface area contributed by atoms with Gasteiger partial charge in [-0.15, -0.1) is 0 Å². The first kappa shape index (κ1) is 30.6. The largest absolute Gasteiger partial charge is 0.0622 e. The summed E-state index contributed by atoms with van der Waals surface area (Å²) < 4.78 is 0. The normalized spacial score (nSPS) is 12.8. The summed E-state index contributed by atoms with van der Waals surface area (Å²) >= 11 is 0. The van der Waals surface area contributed by atoms with Crippen molar-refractivity contribution in [1.29, 1.82) is 0 Å². The topological polar surface area (TPSA) is 0 Å². The third-order valence-corrected chi connectivity index (χ3v) is 11.4. The van der Waals surface area contributed by atoms with Gasteiger partial charge in [-0.05, 0) is 133 Å². The molecule has 0 atom stereocenters. The third kappa shape index (κ3) is 4.78. The van der Waals surface area contributed by atoms with Crippen LogP contribution < -0.4 is 15.7 Å². The van der Waals surface area contributed by atoms with Crippen LogP contribution in [0.1, 0.15) is 16.7 Å². The van der Waals surface area contributed by atoms with Crippen molar-refractivity contribution in [2.24, 2.45) is 0 Å². The summed E-state index contributed by atoms with van der Waals surface area (Å²) in [5, 5.41) is 11.7. The predicted molar refractivity (Wildman–Crippen MR) is 230 cm³/mol. The zero-order valence-electron chi connectivity index (χ0n) is 29.6. The fraction of sp³-hybridized carbons (Fsp3) is 0.